The van der Waals surface area contributed by atoms with Gasteiger partial charge in [0.15, 0.2) is 11.5 Å². The first-order chi connectivity index (χ1) is 11.3. The normalized spacial score (nSPS) is 13.9. The molecular weight excluding hydrogens is 296 g/mol. The molecular formula is C15H14N6O2. The fraction of sp³-hybridized carbons (Fsp3) is 0.267. The topological polar surface area (TPSA) is 98.7 Å². The van der Waals surface area contributed by atoms with E-state index >= 15 is 0 Å². The quantitative estimate of drug-likeness (QED) is 0.768. The lowest BCUT2D eigenvalue weighted by Gasteiger charge is -1.98. The summed E-state index contributed by atoms with van der Waals surface area (Å²) >= 11 is 0. The van der Waals surface area contributed by atoms with Crippen molar-refractivity contribution < 1.29 is 9.32 Å². The summed E-state index contributed by atoms with van der Waals surface area (Å²) < 4.78 is 6.97. The molecule has 8 nitrogen and oxygen atoms in total. The molecule has 3 aromatic heterocycles. The van der Waals surface area contributed by atoms with Gasteiger partial charge in [0.25, 0.3) is 5.91 Å². The standard InChI is InChI=1S/C15H14N6O2/c22-15(14-9-21(20-18-14)11-1-2-11)17-8-12-7-13(19-23-12)10-3-5-16-6-4-10/h3-7,9,11H,1-2,8H2,(H,17,22). The maximum atomic E-state index is 12.1. The van der Waals surface area contributed by atoms with E-state index < -0.39 is 0 Å². The zero-order chi connectivity index (χ0) is 15.6. The second-order valence-corrected chi connectivity index (χ2v) is 5.41. The monoisotopic (exact) mass is 310 g/mol. The van der Waals surface area contributed by atoms with Crippen LogP contribution in [0.15, 0.2) is 41.3 Å². The van der Waals surface area contributed by atoms with Crippen LogP contribution in [0.4, 0.5) is 0 Å². The van der Waals surface area contributed by atoms with Gasteiger partial charge in [0, 0.05) is 24.0 Å². The number of carbonyl (C=O) groups excluding carboxylic acids is 1. The first-order valence-corrected chi connectivity index (χ1v) is 7.35. The van der Waals surface area contributed by atoms with Gasteiger partial charge in [-0.25, -0.2) is 4.68 Å². The van der Waals surface area contributed by atoms with E-state index in [0.29, 0.717) is 23.2 Å². The third-order valence-electron chi connectivity index (χ3n) is 3.62. The van der Waals surface area contributed by atoms with Gasteiger partial charge in [0.1, 0.15) is 5.69 Å². The maximum absolute atomic E-state index is 12.1. The number of carbonyl (C=O) groups is 1. The van der Waals surface area contributed by atoms with Gasteiger partial charge in [-0.05, 0) is 25.0 Å². The van der Waals surface area contributed by atoms with Crippen molar-refractivity contribution >= 4 is 5.91 Å². The van der Waals surface area contributed by atoms with Gasteiger partial charge in [-0.1, -0.05) is 10.4 Å². The molecule has 0 spiro atoms. The average Bonchev–Trinajstić information content (AvgIpc) is 3.14. The largest absolute Gasteiger partial charge is 0.359 e. The van der Waals surface area contributed by atoms with Crippen LogP contribution in [-0.2, 0) is 6.54 Å². The van der Waals surface area contributed by atoms with Crippen LogP contribution in [0.2, 0.25) is 0 Å². The lowest BCUT2D eigenvalue weighted by atomic mass is 10.2. The van der Waals surface area contributed by atoms with Crippen LogP contribution in [0.25, 0.3) is 11.3 Å². The van der Waals surface area contributed by atoms with E-state index in [1.54, 1.807) is 29.3 Å². The average molecular weight is 310 g/mol. The molecule has 1 saturated carbocycles. The molecule has 0 aromatic carbocycles. The fourth-order valence-corrected chi connectivity index (χ4v) is 2.21. The van der Waals surface area contributed by atoms with Crippen molar-refractivity contribution in [3.05, 3.63) is 48.2 Å². The molecule has 3 heterocycles. The lowest BCUT2D eigenvalue weighted by molar-refractivity contribution is 0.0942. The Morgan fingerprint density at radius 1 is 1.35 bits per heavy atom. The molecule has 1 amide bonds. The molecule has 0 aliphatic heterocycles. The molecule has 0 radical (unpaired) electrons. The first kappa shape index (κ1) is 13.6. The molecule has 8 heteroatoms. The Morgan fingerprint density at radius 2 is 2.17 bits per heavy atom. The highest BCUT2D eigenvalue weighted by molar-refractivity contribution is 5.91. The molecule has 0 atom stereocenters. The minimum Gasteiger partial charge on any atom is -0.359 e. The van der Waals surface area contributed by atoms with Crippen molar-refractivity contribution in [2.75, 3.05) is 0 Å². The van der Waals surface area contributed by atoms with Gasteiger partial charge in [-0.3, -0.25) is 9.78 Å². The zero-order valence-electron chi connectivity index (χ0n) is 12.2. The van der Waals surface area contributed by atoms with Gasteiger partial charge in [0.2, 0.25) is 0 Å². The minimum absolute atomic E-state index is 0.243. The van der Waals surface area contributed by atoms with Crippen LogP contribution in [0.3, 0.4) is 0 Å². The molecule has 23 heavy (non-hydrogen) atoms. The summed E-state index contributed by atoms with van der Waals surface area (Å²) in [5.41, 5.74) is 1.93. The maximum Gasteiger partial charge on any atom is 0.273 e. The van der Waals surface area contributed by atoms with Crippen molar-refractivity contribution in [2.45, 2.75) is 25.4 Å². The molecule has 116 valence electrons. The predicted octanol–water partition coefficient (Wildman–Crippen LogP) is 1.59. The molecule has 1 aliphatic rings. The minimum atomic E-state index is -0.279. The van der Waals surface area contributed by atoms with E-state index in [4.69, 9.17) is 4.52 Å². The van der Waals surface area contributed by atoms with Gasteiger partial charge >= 0.3 is 0 Å². The van der Waals surface area contributed by atoms with E-state index in [-0.39, 0.29) is 12.5 Å². The van der Waals surface area contributed by atoms with Crippen molar-refractivity contribution in [1.29, 1.82) is 0 Å². The number of hydrogen-bond acceptors (Lipinski definition) is 6. The Bertz CT molecular complexity index is 821. The van der Waals surface area contributed by atoms with Gasteiger partial charge in [-0.2, -0.15) is 0 Å². The van der Waals surface area contributed by atoms with E-state index in [2.05, 4.69) is 25.8 Å². The van der Waals surface area contributed by atoms with E-state index in [1.165, 1.54) is 0 Å². The van der Waals surface area contributed by atoms with Crippen molar-refractivity contribution in [3.8, 4) is 11.3 Å². The number of nitrogens with zero attached hydrogens (tertiary/aromatic N) is 5. The van der Waals surface area contributed by atoms with Crippen LogP contribution >= 0.6 is 0 Å². The summed E-state index contributed by atoms with van der Waals surface area (Å²) in [6, 6.07) is 5.88. The molecule has 3 aromatic rings. The summed E-state index contributed by atoms with van der Waals surface area (Å²) in [6.45, 7) is 0.243. The predicted molar refractivity (Wildman–Crippen MR) is 79.2 cm³/mol. The van der Waals surface area contributed by atoms with Crippen LogP contribution in [0.1, 0.15) is 35.1 Å². The Labute approximate surface area is 131 Å². The molecule has 0 unspecified atom stereocenters. The molecule has 0 bridgehead atoms. The third-order valence-corrected chi connectivity index (χ3v) is 3.62. The molecule has 1 fully saturated rings. The lowest BCUT2D eigenvalue weighted by Crippen LogP contribution is -2.22. The summed E-state index contributed by atoms with van der Waals surface area (Å²) in [5, 5.41) is 14.6. The van der Waals surface area contributed by atoms with Gasteiger partial charge in [0.05, 0.1) is 18.8 Å². The number of aromatic nitrogens is 5. The highest BCUT2D eigenvalue weighted by atomic mass is 16.5. The number of rotatable bonds is 5. The van der Waals surface area contributed by atoms with Crippen LogP contribution in [-0.4, -0.2) is 31.0 Å². The second kappa shape index (κ2) is 5.64. The fourth-order valence-electron chi connectivity index (χ4n) is 2.21. The summed E-state index contributed by atoms with van der Waals surface area (Å²) in [5.74, 6) is 0.290. The highest BCUT2D eigenvalue weighted by Gasteiger charge is 2.25. The number of nitrogens with one attached hydrogen (secondary N) is 1. The van der Waals surface area contributed by atoms with Crippen molar-refractivity contribution in [1.82, 2.24) is 30.5 Å². The molecule has 4 rings (SSSR count). The van der Waals surface area contributed by atoms with Crippen molar-refractivity contribution in [3.63, 3.8) is 0 Å². The highest BCUT2D eigenvalue weighted by Crippen LogP contribution is 2.33. The SMILES string of the molecule is O=C(NCc1cc(-c2ccncc2)no1)c1cn(C2CC2)nn1. The van der Waals surface area contributed by atoms with E-state index in [9.17, 15) is 4.79 Å². The van der Waals surface area contributed by atoms with E-state index in [1.807, 2.05) is 12.1 Å². The first-order valence-electron chi connectivity index (χ1n) is 7.35. The zero-order valence-corrected chi connectivity index (χ0v) is 12.2. The summed E-state index contributed by atoms with van der Waals surface area (Å²) in [6.07, 6.45) is 7.25. The smallest absolute Gasteiger partial charge is 0.273 e. The molecule has 1 aliphatic carbocycles. The number of amides is 1. The number of hydrogen-bond donors (Lipinski definition) is 1. The number of pyridine rings is 1. The van der Waals surface area contributed by atoms with Gasteiger partial charge < -0.3 is 9.84 Å². The van der Waals surface area contributed by atoms with Crippen LogP contribution in [0.5, 0.6) is 0 Å². The van der Waals surface area contributed by atoms with E-state index in [0.717, 1.165) is 18.4 Å². The third kappa shape index (κ3) is 2.96. The Morgan fingerprint density at radius 3 is 2.96 bits per heavy atom. The summed E-state index contributed by atoms with van der Waals surface area (Å²) in [4.78, 5) is 16.0. The molecule has 0 saturated heterocycles. The van der Waals surface area contributed by atoms with Crippen molar-refractivity contribution in [2.24, 2.45) is 0 Å². The van der Waals surface area contributed by atoms with Gasteiger partial charge in [-0.15, -0.1) is 5.10 Å². The summed E-state index contributed by atoms with van der Waals surface area (Å²) in [7, 11) is 0. The Hall–Kier alpha value is -3.03. The Kier molecular flexibility index (Phi) is 3.34. The Balaban J connectivity index is 1.38. The van der Waals surface area contributed by atoms with Crippen LogP contribution < -0.4 is 5.32 Å². The van der Waals surface area contributed by atoms with Crippen LogP contribution in [0, 0.1) is 0 Å². The molecule has 1 N–H and O–H groups in total. The second-order valence-electron chi connectivity index (χ2n) is 5.41.